The highest BCUT2D eigenvalue weighted by Gasteiger charge is 2.33. The lowest BCUT2D eigenvalue weighted by Gasteiger charge is -2.34. The van der Waals surface area contributed by atoms with Gasteiger partial charge in [0.05, 0.1) is 18.3 Å². The summed E-state index contributed by atoms with van der Waals surface area (Å²) in [7, 11) is 0. The molecule has 0 aliphatic carbocycles. The van der Waals surface area contributed by atoms with E-state index in [0.717, 1.165) is 25.2 Å². The van der Waals surface area contributed by atoms with Crippen LogP contribution >= 0.6 is 0 Å². The molecular weight excluding hydrogens is 268 g/mol. The van der Waals surface area contributed by atoms with E-state index in [1.54, 1.807) is 4.90 Å². The van der Waals surface area contributed by atoms with Crippen LogP contribution in [0, 0.1) is 0 Å². The van der Waals surface area contributed by atoms with Gasteiger partial charge in [-0.1, -0.05) is 0 Å². The predicted octanol–water partition coefficient (Wildman–Crippen LogP) is 1.71. The van der Waals surface area contributed by atoms with E-state index in [1.165, 1.54) is 5.56 Å². The van der Waals surface area contributed by atoms with E-state index in [4.69, 9.17) is 4.74 Å². The van der Waals surface area contributed by atoms with Gasteiger partial charge in [0.15, 0.2) is 0 Å². The van der Waals surface area contributed by atoms with Gasteiger partial charge >= 0.3 is 6.09 Å². The molecule has 2 aliphatic heterocycles. The lowest BCUT2D eigenvalue weighted by molar-refractivity contribution is 0.0135. The van der Waals surface area contributed by atoms with Crippen LogP contribution in [0.5, 0.6) is 0 Å². The zero-order valence-electron chi connectivity index (χ0n) is 13.2. The van der Waals surface area contributed by atoms with E-state index in [1.807, 2.05) is 25.5 Å². The molecule has 116 valence electrons. The third-order valence-corrected chi connectivity index (χ3v) is 4.02. The standard InChI is InChI=1S/C15H24N4O2/c1-10-5-11-8-19(12-6-16-7-12)17-13(11)9-18(10)14(20)21-15(2,3)4/h8,10,12,16H,5-7,9H2,1-4H3. The average molecular weight is 292 g/mol. The second-order valence-corrected chi connectivity index (χ2v) is 7.05. The van der Waals surface area contributed by atoms with E-state index in [9.17, 15) is 4.79 Å². The third-order valence-electron chi connectivity index (χ3n) is 4.02. The van der Waals surface area contributed by atoms with Gasteiger partial charge in [-0.2, -0.15) is 5.10 Å². The van der Waals surface area contributed by atoms with Gasteiger partial charge in [-0.15, -0.1) is 0 Å². The molecule has 2 aliphatic rings. The Balaban J connectivity index is 1.75. The summed E-state index contributed by atoms with van der Waals surface area (Å²) in [5.41, 5.74) is 1.80. The van der Waals surface area contributed by atoms with E-state index >= 15 is 0 Å². The SMILES string of the molecule is CC1Cc2cn(C3CNC3)nc2CN1C(=O)OC(C)(C)C. The first-order valence-corrected chi connectivity index (χ1v) is 7.61. The van der Waals surface area contributed by atoms with Crippen molar-refractivity contribution in [1.29, 1.82) is 0 Å². The van der Waals surface area contributed by atoms with Crippen molar-refractivity contribution in [3.05, 3.63) is 17.5 Å². The summed E-state index contributed by atoms with van der Waals surface area (Å²) < 4.78 is 7.54. The van der Waals surface area contributed by atoms with Crippen LogP contribution in [0.4, 0.5) is 4.79 Å². The van der Waals surface area contributed by atoms with Gasteiger partial charge in [0.25, 0.3) is 0 Å². The second-order valence-electron chi connectivity index (χ2n) is 7.05. The number of aromatic nitrogens is 2. The molecule has 1 N–H and O–H groups in total. The number of rotatable bonds is 1. The van der Waals surface area contributed by atoms with Gasteiger partial charge in [-0.3, -0.25) is 9.58 Å². The maximum atomic E-state index is 12.3. The molecule has 1 amide bonds. The molecule has 0 bridgehead atoms. The number of hydrogen-bond acceptors (Lipinski definition) is 4. The molecule has 0 saturated carbocycles. The number of fused-ring (bicyclic) bond motifs is 1. The van der Waals surface area contributed by atoms with Crippen LogP contribution in [0.2, 0.25) is 0 Å². The van der Waals surface area contributed by atoms with Crippen molar-refractivity contribution in [3.8, 4) is 0 Å². The van der Waals surface area contributed by atoms with Crippen LogP contribution in [0.1, 0.15) is 45.0 Å². The van der Waals surface area contributed by atoms with Crippen molar-refractivity contribution in [3.63, 3.8) is 0 Å². The quantitative estimate of drug-likeness (QED) is 0.856. The van der Waals surface area contributed by atoms with Crippen molar-refractivity contribution in [2.75, 3.05) is 13.1 Å². The van der Waals surface area contributed by atoms with Gasteiger partial charge in [0.1, 0.15) is 5.60 Å². The molecular formula is C15H24N4O2. The summed E-state index contributed by atoms with van der Waals surface area (Å²) in [5.74, 6) is 0. The minimum absolute atomic E-state index is 0.143. The first-order chi connectivity index (χ1) is 9.83. The van der Waals surface area contributed by atoms with Crippen LogP contribution in [0.15, 0.2) is 6.20 Å². The second kappa shape index (κ2) is 5.02. The number of carbonyl (C=O) groups is 1. The molecule has 0 spiro atoms. The number of ether oxygens (including phenoxy) is 1. The molecule has 3 rings (SSSR count). The third kappa shape index (κ3) is 2.90. The van der Waals surface area contributed by atoms with Gasteiger partial charge in [0, 0.05) is 25.3 Å². The normalized spacial score (nSPS) is 22.7. The van der Waals surface area contributed by atoms with Gasteiger partial charge in [-0.25, -0.2) is 4.79 Å². The first-order valence-electron chi connectivity index (χ1n) is 7.61. The van der Waals surface area contributed by atoms with Gasteiger partial charge in [-0.05, 0) is 39.7 Å². The van der Waals surface area contributed by atoms with E-state index in [0.29, 0.717) is 12.6 Å². The number of hydrogen-bond donors (Lipinski definition) is 1. The van der Waals surface area contributed by atoms with Crippen molar-refractivity contribution in [2.45, 2.75) is 58.3 Å². The Hall–Kier alpha value is -1.56. The predicted molar refractivity (Wildman–Crippen MR) is 79.1 cm³/mol. The maximum absolute atomic E-state index is 12.3. The van der Waals surface area contributed by atoms with Crippen LogP contribution < -0.4 is 5.32 Å². The van der Waals surface area contributed by atoms with Crippen molar-refractivity contribution in [1.82, 2.24) is 20.0 Å². The highest BCUT2D eigenvalue weighted by atomic mass is 16.6. The maximum Gasteiger partial charge on any atom is 0.410 e. The Morgan fingerprint density at radius 3 is 2.71 bits per heavy atom. The molecule has 1 atom stereocenters. The molecule has 6 heteroatoms. The molecule has 3 heterocycles. The van der Waals surface area contributed by atoms with Crippen molar-refractivity contribution < 1.29 is 9.53 Å². The zero-order valence-corrected chi connectivity index (χ0v) is 13.2. The summed E-state index contributed by atoms with van der Waals surface area (Å²) in [6.45, 7) is 10.2. The monoisotopic (exact) mass is 292 g/mol. The summed E-state index contributed by atoms with van der Waals surface area (Å²) in [6, 6.07) is 0.602. The Bertz CT molecular complexity index is 542. The average Bonchev–Trinajstić information content (AvgIpc) is 2.64. The summed E-state index contributed by atoms with van der Waals surface area (Å²) >= 11 is 0. The van der Waals surface area contributed by atoms with Crippen LogP contribution in [0.25, 0.3) is 0 Å². The topological polar surface area (TPSA) is 59.4 Å². The Labute approximate surface area is 125 Å². The lowest BCUT2D eigenvalue weighted by Crippen LogP contribution is -2.45. The minimum atomic E-state index is -0.464. The largest absolute Gasteiger partial charge is 0.444 e. The lowest BCUT2D eigenvalue weighted by atomic mass is 10.0. The smallest absolute Gasteiger partial charge is 0.410 e. The molecule has 1 unspecified atom stereocenters. The molecule has 6 nitrogen and oxygen atoms in total. The minimum Gasteiger partial charge on any atom is -0.444 e. The number of nitrogens with one attached hydrogen (secondary N) is 1. The van der Waals surface area contributed by atoms with Crippen LogP contribution in [0.3, 0.4) is 0 Å². The fraction of sp³-hybridized carbons (Fsp3) is 0.733. The fourth-order valence-electron chi connectivity index (χ4n) is 2.73. The van der Waals surface area contributed by atoms with Crippen LogP contribution in [-0.4, -0.2) is 45.5 Å². The number of nitrogens with zero attached hydrogens (tertiary/aromatic N) is 3. The first kappa shape index (κ1) is 14.4. The van der Waals surface area contributed by atoms with E-state index in [2.05, 4.69) is 23.5 Å². The highest BCUT2D eigenvalue weighted by molar-refractivity contribution is 5.69. The van der Waals surface area contributed by atoms with E-state index in [-0.39, 0.29) is 12.1 Å². The molecule has 1 aromatic rings. The Kier molecular flexibility index (Phi) is 3.43. The van der Waals surface area contributed by atoms with Crippen molar-refractivity contribution in [2.24, 2.45) is 0 Å². The van der Waals surface area contributed by atoms with Gasteiger partial charge < -0.3 is 10.1 Å². The summed E-state index contributed by atoms with van der Waals surface area (Å²) in [5, 5.41) is 7.92. The summed E-state index contributed by atoms with van der Waals surface area (Å²) in [4.78, 5) is 14.1. The molecule has 0 aromatic carbocycles. The van der Waals surface area contributed by atoms with E-state index < -0.39 is 5.60 Å². The molecule has 1 aromatic heterocycles. The van der Waals surface area contributed by atoms with Crippen LogP contribution in [-0.2, 0) is 17.7 Å². The molecule has 21 heavy (non-hydrogen) atoms. The molecule has 1 fully saturated rings. The van der Waals surface area contributed by atoms with Gasteiger partial charge in [0.2, 0.25) is 0 Å². The number of carbonyl (C=O) groups excluding carboxylic acids is 1. The molecule has 0 radical (unpaired) electrons. The Morgan fingerprint density at radius 2 is 2.14 bits per heavy atom. The van der Waals surface area contributed by atoms with Crippen molar-refractivity contribution >= 4 is 6.09 Å². The number of amides is 1. The Morgan fingerprint density at radius 1 is 1.43 bits per heavy atom. The summed E-state index contributed by atoms with van der Waals surface area (Å²) in [6.07, 6.45) is 2.74. The fourth-order valence-corrected chi connectivity index (χ4v) is 2.73. The molecule has 1 saturated heterocycles. The highest BCUT2D eigenvalue weighted by Crippen LogP contribution is 2.25. The zero-order chi connectivity index (χ0) is 15.2.